The van der Waals surface area contributed by atoms with E-state index < -0.39 is 0 Å². The predicted molar refractivity (Wildman–Crippen MR) is 243 cm³/mol. The molecule has 0 atom stereocenters. The van der Waals surface area contributed by atoms with Crippen molar-refractivity contribution in [3.8, 4) is 51.1 Å². The lowest BCUT2D eigenvalue weighted by atomic mass is 9.97. The number of hydrogen-bond acceptors (Lipinski definition) is 6. The molecule has 61 heavy (non-hydrogen) atoms. The molecule has 0 radical (unpaired) electrons. The molecule has 0 fully saturated rings. The number of rotatable bonds is 13. The lowest BCUT2D eigenvalue weighted by Crippen LogP contribution is -2.12. The monoisotopic (exact) mass is 794 g/mol. The largest absolute Gasteiger partial charge is 0.507 e. The van der Waals surface area contributed by atoms with Gasteiger partial charge in [-0.2, -0.15) is 0 Å². The van der Waals surface area contributed by atoms with Crippen LogP contribution in [0.3, 0.4) is 0 Å². The summed E-state index contributed by atoms with van der Waals surface area (Å²) in [4.78, 5) is 5.21. The van der Waals surface area contributed by atoms with Crippen LogP contribution >= 0.6 is 0 Å². The van der Waals surface area contributed by atoms with Gasteiger partial charge in [-0.15, -0.1) is 5.10 Å². The summed E-state index contributed by atoms with van der Waals surface area (Å²) in [5.74, 6) is 1.63. The zero-order valence-electron chi connectivity index (χ0n) is 33.4. The second-order valence-corrected chi connectivity index (χ2v) is 15.1. The number of aromatic nitrogens is 5. The number of para-hydroxylation sites is 1. The fraction of sp³-hybridized carbons (Fsp3) is 0.0755. The third-order valence-corrected chi connectivity index (χ3v) is 11.1. The van der Waals surface area contributed by atoms with Crippen LogP contribution in [-0.2, 0) is 26.2 Å². The molecule has 0 saturated carbocycles. The van der Waals surface area contributed by atoms with Crippen molar-refractivity contribution in [2.75, 3.05) is 0 Å². The minimum absolute atomic E-state index is 0.180. The van der Waals surface area contributed by atoms with Gasteiger partial charge in [-0.05, 0) is 80.7 Å². The fourth-order valence-corrected chi connectivity index (χ4v) is 8.07. The number of hydrogen-bond donors (Lipinski definition) is 2. The van der Waals surface area contributed by atoms with Crippen LogP contribution in [0, 0.1) is 0 Å². The van der Waals surface area contributed by atoms with Gasteiger partial charge in [0.05, 0.1) is 29.7 Å². The number of nitrogens with zero attached hydrogens (tertiary/aromatic N) is 5. The Morgan fingerprint density at radius 3 is 1.85 bits per heavy atom. The second kappa shape index (κ2) is 16.8. The number of ether oxygens (including phenoxy) is 1. The van der Waals surface area contributed by atoms with Gasteiger partial charge in [-0.25, -0.2) is 9.67 Å². The van der Waals surface area contributed by atoms with Crippen molar-refractivity contribution in [2.24, 2.45) is 0 Å². The molecule has 0 aliphatic heterocycles. The van der Waals surface area contributed by atoms with Gasteiger partial charge in [0.2, 0.25) is 0 Å². The first-order valence-electron chi connectivity index (χ1n) is 20.5. The zero-order valence-corrected chi connectivity index (χ0v) is 33.4. The lowest BCUT2D eigenvalue weighted by Gasteiger charge is -2.15. The topological polar surface area (TPSA) is 90.0 Å². The summed E-state index contributed by atoms with van der Waals surface area (Å²) in [5.41, 5.74) is 9.78. The maximum atomic E-state index is 11.0. The van der Waals surface area contributed by atoms with E-state index in [1.54, 1.807) is 6.07 Å². The number of fused-ring (bicyclic) bond motifs is 2. The van der Waals surface area contributed by atoms with Crippen LogP contribution in [0.25, 0.3) is 61.1 Å². The minimum atomic E-state index is 0.180. The Hall–Kier alpha value is -7.81. The molecule has 2 N–H and O–H groups in total. The predicted octanol–water partition coefficient (Wildman–Crippen LogP) is 11.4. The molecule has 0 saturated heterocycles. The summed E-state index contributed by atoms with van der Waals surface area (Å²) in [6.07, 6.45) is 1.97. The van der Waals surface area contributed by atoms with E-state index in [0.717, 1.165) is 50.8 Å². The van der Waals surface area contributed by atoms with E-state index in [0.29, 0.717) is 37.6 Å². The number of imidazole rings is 1. The standard InChI is InChI=1S/C53H42N6O2/c60-50-22-12-11-21-48(50)53-55-51(39-13-3-1-4-14-39)52(40-15-5-2-6-16-40)59(53)44-27-23-37(24-28-44)32-54-33-38-25-29-45(30-26-38)61-36-43-34-58(57-56-43)35-49-46-19-9-7-17-41(46)31-42-18-8-10-20-47(42)49/h1-31,34,54,60H,32-33,35-36H2. The van der Waals surface area contributed by atoms with E-state index in [4.69, 9.17) is 9.72 Å². The Bertz CT molecular complexity index is 3030. The van der Waals surface area contributed by atoms with E-state index in [9.17, 15) is 5.11 Å². The third kappa shape index (κ3) is 7.88. The molecule has 0 aliphatic carbocycles. The van der Waals surface area contributed by atoms with E-state index in [1.807, 2.05) is 77.6 Å². The average molecular weight is 795 g/mol. The number of benzene rings is 8. The molecular formula is C53H42N6O2. The first-order chi connectivity index (χ1) is 30.1. The van der Waals surface area contributed by atoms with Crippen LogP contribution in [0.1, 0.15) is 22.4 Å². The highest BCUT2D eigenvalue weighted by atomic mass is 16.5. The van der Waals surface area contributed by atoms with E-state index in [2.05, 4.69) is 135 Å². The third-order valence-electron chi connectivity index (χ3n) is 11.1. The smallest absolute Gasteiger partial charge is 0.149 e. The lowest BCUT2D eigenvalue weighted by molar-refractivity contribution is 0.301. The molecule has 0 spiro atoms. The highest BCUT2D eigenvalue weighted by Crippen LogP contribution is 2.40. The second-order valence-electron chi connectivity index (χ2n) is 15.1. The van der Waals surface area contributed by atoms with Crippen LogP contribution in [0.4, 0.5) is 0 Å². The maximum absolute atomic E-state index is 11.0. The molecular weight excluding hydrogens is 753 g/mol. The Morgan fingerprint density at radius 2 is 1.18 bits per heavy atom. The van der Waals surface area contributed by atoms with Crippen molar-refractivity contribution in [3.63, 3.8) is 0 Å². The maximum Gasteiger partial charge on any atom is 0.149 e. The number of nitrogens with one attached hydrogen (secondary N) is 1. The SMILES string of the molecule is Oc1ccccc1-c1nc(-c2ccccc2)c(-c2ccccc2)n1-c1ccc(CNCc2ccc(OCc3cn(Cc4c5ccccc5cc5ccccc45)nn3)cc2)cc1. The first-order valence-corrected chi connectivity index (χ1v) is 20.5. The summed E-state index contributed by atoms with van der Waals surface area (Å²) in [7, 11) is 0. The number of phenols is 1. The van der Waals surface area contributed by atoms with E-state index >= 15 is 0 Å². The molecule has 2 aromatic heterocycles. The molecule has 2 heterocycles. The molecule has 0 unspecified atom stereocenters. The molecule has 0 bridgehead atoms. The summed E-state index contributed by atoms with van der Waals surface area (Å²) in [6.45, 7) is 2.35. The Kier molecular flexibility index (Phi) is 10.3. The molecule has 0 aliphatic rings. The van der Waals surface area contributed by atoms with Gasteiger partial charge in [-0.3, -0.25) is 4.57 Å². The van der Waals surface area contributed by atoms with Crippen molar-refractivity contribution in [3.05, 3.63) is 217 Å². The van der Waals surface area contributed by atoms with Crippen molar-refractivity contribution in [1.82, 2.24) is 29.9 Å². The zero-order chi connectivity index (χ0) is 41.0. The van der Waals surface area contributed by atoms with Gasteiger partial charge in [0.15, 0.2) is 0 Å². The quantitative estimate of drug-likeness (QED) is 0.113. The summed E-state index contributed by atoms with van der Waals surface area (Å²) in [5, 5.41) is 28.4. The van der Waals surface area contributed by atoms with Gasteiger partial charge in [0.1, 0.15) is 29.6 Å². The van der Waals surface area contributed by atoms with E-state index in [1.165, 1.54) is 27.1 Å². The van der Waals surface area contributed by atoms with Crippen LogP contribution < -0.4 is 10.1 Å². The highest BCUT2D eigenvalue weighted by Gasteiger charge is 2.24. The Morgan fingerprint density at radius 1 is 0.590 bits per heavy atom. The first kappa shape index (κ1) is 37.5. The van der Waals surface area contributed by atoms with Crippen molar-refractivity contribution < 1.29 is 9.84 Å². The normalized spacial score (nSPS) is 11.3. The molecule has 8 heteroatoms. The molecule has 10 aromatic rings. The summed E-state index contributed by atoms with van der Waals surface area (Å²) in [6, 6.07) is 63.9. The molecule has 8 nitrogen and oxygen atoms in total. The number of aromatic hydroxyl groups is 1. The van der Waals surface area contributed by atoms with Gasteiger partial charge in [0.25, 0.3) is 0 Å². The van der Waals surface area contributed by atoms with Gasteiger partial charge < -0.3 is 15.2 Å². The van der Waals surface area contributed by atoms with Crippen LogP contribution in [0.2, 0.25) is 0 Å². The Balaban J connectivity index is 0.801. The molecule has 296 valence electrons. The van der Waals surface area contributed by atoms with Crippen LogP contribution in [0.5, 0.6) is 11.5 Å². The van der Waals surface area contributed by atoms with Crippen molar-refractivity contribution in [1.29, 1.82) is 0 Å². The molecule has 8 aromatic carbocycles. The van der Waals surface area contributed by atoms with Crippen LogP contribution in [0.15, 0.2) is 194 Å². The van der Waals surface area contributed by atoms with Gasteiger partial charge in [0, 0.05) is 29.9 Å². The molecule has 0 amide bonds. The Labute approximate surface area is 354 Å². The van der Waals surface area contributed by atoms with Crippen molar-refractivity contribution in [2.45, 2.75) is 26.2 Å². The number of phenolic OH excluding ortho intramolecular Hbond substituents is 1. The van der Waals surface area contributed by atoms with Gasteiger partial charge in [-0.1, -0.05) is 151 Å². The summed E-state index contributed by atoms with van der Waals surface area (Å²) < 4.78 is 10.2. The fourth-order valence-electron chi connectivity index (χ4n) is 8.07. The summed E-state index contributed by atoms with van der Waals surface area (Å²) >= 11 is 0. The average Bonchev–Trinajstić information content (AvgIpc) is 3.95. The molecule has 10 rings (SSSR count). The van der Waals surface area contributed by atoms with E-state index in [-0.39, 0.29) is 5.75 Å². The van der Waals surface area contributed by atoms with Crippen LogP contribution in [-0.4, -0.2) is 29.7 Å². The highest BCUT2D eigenvalue weighted by molar-refractivity contribution is 6.02. The van der Waals surface area contributed by atoms with Crippen molar-refractivity contribution >= 4 is 21.5 Å². The van der Waals surface area contributed by atoms with Gasteiger partial charge >= 0.3 is 0 Å². The minimum Gasteiger partial charge on any atom is -0.507 e.